The SMILES string of the molecule is CCN1CCC(Nc2ccc(F)cc2F)CC1. The normalized spacial score (nSPS) is 18.3. The minimum Gasteiger partial charge on any atom is -0.380 e. The molecule has 0 aromatic heterocycles. The molecule has 0 amide bonds. The number of hydrogen-bond donors (Lipinski definition) is 1. The van der Waals surface area contributed by atoms with Gasteiger partial charge in [-0.1, -0.05) is 6.92 Å². The number of nitrogens with zero attached hydrogens (tertiary/aromatic N) is 1. The number of anilines is 1. The summed E-state index contributed by atoms with van der Waals surface area (Å²) in [7, 11) is 0. The molecular weight excluding hydrogens is 222 g/mol. The third kappa shape index (κ3) is 3.16. The van der Waals surface area contributed by atoms with Gasteiger partial charge in [0.05, 0.1) is 5.69 Å². The van der Waals surface area contributed by atoms with E-state index in [1.165, 1.54) is 12.1 Å². The molecule has 0 bridgehead atoms. The van der Waals surface area contributed by atoms with Gasteiger partial charge >= 0.3 is 0 Å². The molecule has 1 saturated heterocycles. The van der Waals surface area contributed by atoms with Crippen molar-refractivity contribution in [2.75, 3.05) is 25.0 Å². The molecule has 2 nitrogen and oxygen atoms in total. The van der Waals surface area contributed by atoms with Crippen LogP contribution >= 0.6 is 0 Å². The second-order valence-corrected chi connectivity index (χ2v) is 4.48. The number of likely N-dealkylation sites (tertiary alicyclic amines) is 1. The number of hydrogen-bond acceptors (Lipinski definition) is 2. The van der Waals surface area contributed by atoms with E-state index < -0.39 is 11.6 Å². The summed E-state index contributed by atoms with van der Waals surface area (Å²) in [5.74, 6) is -1.04. The molecular formula is C13H18F2N2. The summed E-state index contributed by atoms with van der Waals surface area (Å²) in [6, 6.07) is 3.96. The van der Waals surface area contributed by atoms with Gasteiger partial charge in [0.15, 0.2) is 0 Å². The van der Waals surface area contributed by atoms with Gasteiger partial charge in [-0.15, -0.1) is 0 Å². The highest BCUT2D eigenvalue weighted by atomic mass is 19.1. The lowest BCUT2D eigenvalue weighted by Gasteiger charge is -2.32. The Labute approximate surface area is 101 Å². The van der Waals surface area contributed by atoms with Gasteiger partial charge in [0.25, 0.3) is 0 Å². The van der Waals surface area contributed by atoms with Crippen molar-refractivity contribution in [3.63, 3.8) is 0 Å². The van der Waals surface area contributed by atoms with Crippen LogP contribution in [0.3, 0.4) is 0 Å². The highest BCUT2D eigenvalue weighted by Gasteiger charge is 2.18. The van der Waals surface area contributed by atoms with Crippen LogP contribution in [0.25, 0.3) is 0 Å². The summed E-state index contributed by atoms with van der Waals surface area (Å²) in [4.78, 5) is 2.37. The van der Waals surface area contributed by atoms with Crippen molar-refractivity contribution < 1.29 is 8.78 Å². The van der Waals surface area contributed by atoms with E-state index in [-0.39, 0.29) is 6.04 Å². The maximum Gasteiger partial charge on any atom is 0.149 e. The van der Waals surface area contributed by atoms with E-state index in [1.807, 2.05) is 0 Å². The van der Waals surface area contributed by atoms with E-state index in [0.29, 0.717) is 5.69 Å². The Morgan fingerprint density at radius 1 is 1.29 bits per heavy atom. The van der Waals surface area contributed by atoms with E-state index in [2.05, 4.69) is 17.1 Å². The Kier molecular flexibility index (Phi) is 3.94. The zero-order valence-corrected chi connectivity index (χ0v) is 10.0. The van der Waals surface area contributed by atoms with Crippen molar-refractivity contribution >= 4 is 5.69 Å². The first-order chi connectivity index (χ1) is 8.19. The van der Waals surface area contributed by atoms with Crippen LogP contribution < -0.4 is 5.32 Å². The van der Waals surface area contributed by atoms with Crippen LogP contribution in [0.5, 0.6) is 0 Å². The largest absolute Gasteiger partial charge is 0.380 e. The Hall–Kier alpha value is -1.16. The molecule has 1 aliphatic rings. The van der Waals surface area contributed by atoms with Gasteiger partial charge in [-0.25, -0.2) is 8.78 Å². The highest BCUT2D eigenvalue weighted by Crippen LogP contribution is 2.20. The van der Waals surface area contributed by atoms with Gasteiger partial charge in [0, 0.05) is 25.2 Å². The van der Waals surface area contributed by atoms with Crippen LogP contribution in [0, 0.1) is 11.6 Å². The number of piperidine rings is 1. The maximum absolute atomic E-state index is 13.4. The second kappa shape index (κ2) is 5.45. The highest BCUT2D eigenvalue weighted by molar-refractivity contribution is 5.45. The standard InChI is InChI=1S/C13H18F2N2/c1-2-17-7-5-11(6-8-17)16-13-4-3-10(14)9-12(13)15/h3-4,9,11,16H,2,5-8H2,1H3. The molecule has 2 rings (SSSR count). The molecule has 1 aromatic carbocycles. The third-order valence-corrected chi connectivity index (χ3v) is 3.33. The van der Waals surface area contributed by atoms with Crippen LogP contribution in [0.1, 0.15) is 19.8 Å². The Morgan fingerprint density at radius 2 is 2.00 bits per heavy atom. The molecule has 0 unspecified atom stereocenters. The first-order valence-corrected chi connectivity index (χ1v) is 6.13. The van der Waals surface area contributed by atoms with Crippen LogP contribution in [-0.2, 0) is 0 Å². The molecule has 0 atom stereocenters. The predicted octanol–water partition coefficient (Wildman–Crippen LogP) is 2.86. The van der Waals surface area contributed by atoms with Crippen molar-refractivity contribution in [2.45, 2.75) is 25.8 Å². The quantitative estimate of drug-likeness (QED) is 0.874. The Morgan fingerprint density at radius 3 is 2.59 bits per heavy atom. The van der Waals surface area contributed by atoms with Gasteiger partial charge in [-0.3, -0.25) is 0 Å². The van der Waals surface area contributed by atoms with Gasteiger partial charge in [0.2, 0.25) is 0 Å². The first-order valence-electron chi connectivity index (χ1n) is 6.13. The average molecular weight is 240 g/mol. The molecule has 1 aliphatic heterocycles. The summed E-state index contributed by atoms with van der Waals surface area (Å²) in [6.45, 7) is 5.29. The number of nitrogens with one attached hydrogen (secondary N) is 1. The number of halogens is 2. The molecule has 94 valence electrons. The minimum atomic E-state index is -0.533. The van der Waals surface area contributed by atoms with Crippen LogP contribution in [0.15, 0.2) is 18.2 Å². The fourth-order valence-corrected chi connectivity index (χ4v) is 2.22. The lowest BCUT2D eigenvalue weighted by molar-refractivity contribution is 0.229. The van der Waals surface area contributed by atoms with E-state index in [1.54, 1.807) is 0 Å². The number of benzene rings is 1. The Balaban J connectivity index is 1.93. The molecule has 17 heavy (non-hydrogen) atoms. The zero-order chi connectivity index (χ0) is 12.3. The maximum atomic E-state index is 13.4. The molecule has 0 saturated carbocycles. The summed E-state index contributed by atoms with van der Waals surface area (Å²) in [6.07, 6.45) is 2.01. The monoisotopic (exact) mass is 240 g/mol. The molecule has 1 fully saturated rings. The average Bonchev–Trinajstić information content (AvgIpc) is 2.34. The molecule has 4 heteroatoms. The van der Waals surface area contributed by atoms with E-state index in [4.69, 9.17) is 0 Å². The topological polar surface area (TPSA) is 15.3 Å². The third-order valence-electron chi connectivity index (χ3n) is 3.33. The van der Waals surface area contributed by atoms with Crippen molar-refractivity contribution in [3.05, 3.63) is 29.8 Å². The summed E-state index contributed by atoms with van der Waals surface area (Å²) >= 11 is 0. The molecule has 1 N–H and O–H groups in total. The van der Waals surface area contributed by atoms with Gasteiger partial charge in [-0.2, -0.15) is 0 Å². The van der Waals surface area contributed by atoms with Crippen molar-refractivity contribution in [3.8, 4) is 0 Å². The van der Waals surface area contributed by atoms with Crippen LogP contribution in [-0.4, -0.2) is 30.6 Å². The van der Waals surface area contributed by atoms with Gasteiger partial charge in [-0.05, 0) is 31.5 Å². The van der Waals surface area contributed by atoms with Crippen LogP contribution in [0.2, 0.25) is 0 Å². The fourth-order valence-electron chi connectivity index (χ4n) is 2.22. The summed E-state index contributed by atoms with van der Waals surface area (Å²) < 4.78 is 26.2. The molecule has 1 aromatic rings. The zero-order valence-electron chi connectivity index (χ0n) is 10.0. The predicted molar refractivity (Wildman–Crippen MR) is 65.1 cm³/mol. The summed E-state index contributed by atoms with van der Waals surface area (Å²) in [5.41, 5.74) is 0.404. The van der Waals surface area contributed by atoms with Crippen molar-refractivity contribution in [1.82, 2.24) is 4.90 Å². The smallest absolute Gasteiger partial charge is 0.149 e. The summed E-state index contributed by atoms with van der Waals surface area (Å²) in [5, 5.41) is 3.15. The van der Waals surface area contributed by atoms with E-state index >= 15 is 0 Å². The first kappa shape index (κ1) is 12.3. The lowest BCUT2D eigenvalue weighted by atomic mass is 10.0. The molecule has 1 heterocycles. The van der Waals surface area contributed by atoms with Crippen LogP contribution in [0.4, 0.5) is 14.5 Å². The van der Waals surface area contributed by atoms with E-state index in [9.17, 15) is 8.78 Å². The van der Waals surface area contributed by atoms with Crippen molar-refractivity contribution in [1.29, 1.82) is 0 Å². The van der Waals surface area contributed by atoms with Crippen molar-refractivity contribution in [2.24, 2.45) is 0 Å². The number of rotatable bonds is 3. The fraction of sp³-hybridized carbons (Fsp3) is 0.538. The molecule has 0 spiro atoms. The minimum absolute atomic E-state index is 0.290. The lowest BCUT2D eigenvalue weighted by Crippen LogP contribution is -2.38. The second-order valence-electron chi connectivity index (χ2n) is 4.48. The van der Waals surface area contributed by atoms with Gasteiger partial charge in [0.1, 0.15) is 11.6 Å². The Bertz CT molecular complexity index is 374. The molecule has 0 aliphatic carbocycles. The molecule has 0 radical (unpaired) electrons. The van der Waals surface area contributed by atoms with Gasteiger partial charge < -0.3 is 10.2 Å². The van der Waals surface area contributed by atoms with E-state index in [0.717, 1.165) is 38.5 Å².